The van der Waals surface area contributed by atoms with Gasteiger partial charge in [-0.15, -0.1) is 0 Å². The lowest BCUT2D eigenvalue weighted by atomic mass is 9.68. The molecule has 1 saturated carbocycles. The van der Waals surface area contributed by atoms with E-state index in [2.05, 4.69) is 0 Å². The Labute approximate surface area is 107 Å². The highest BCUT2D eigenvalue weighted by atomic mass is 19.1. The van der Waals surface area contributed by atoms with Crippen LogP contribution in [0.1, 0.15) is 50.2 Å². The van der Waals surface area contributed by atoms with Crippen molar-refractivity contribution in [1.29, 1.82) is 0 Å². The number of benzene rings is 1. The predicted molar refractivity (Wildman–Crippen MR) is 69.6 cm³/mol. The lowest BCUT2D eigenvalue weighted by molar-refractivity contribution is 0.281. The molecule has 0 heterocycles. The second-order valence-corrected chi connectivity index (χ2v) is 5.29. The third kappa shape index (κ3) is 2.16. The van der Waals surface area contributed by atoms with Gasteiger partial charge >= 0.3 is 0 Å². The van der Waals surface area contributed by atoms with E-state index in [1.54, 1.807) is 6.07 Å². The van der Waals surface area contributed by atoms with Crippen LogP contribution in [0.2, 0.25) is 0 Å². The lowest BCUT2D eigenvalue weighted by Crippen LogP contribution is -2.39. The van der Waals surface area contributed by atoms with Gasteiger partial charge in [-0.05, 0) is 30.9 Å². The van der Waals surface area contributed by atoms with Gasteiger partial charge in [-0.25, -0.2) is 8.78 Å². The molecule has 0 aliphatic heterocycles. The van der Waals surface area contributed by atoms with Gasteiger partial charge in [0.2, 0.25) is 0 Å². The summed E-state index contributed by atoms with van der Waals surface area (Å²) in [6, 6.07) is 2.93. The van der Waals surface area contributed by atoms with E-state index in [0.717, 1.165) is 32.1 Å². The van der Waals surface area contributed by atoms with Crippen LogP contribution in [0, 0.1) is 11.6 Å². The summed E-state index contributed by atoms with van der Waals surface area (Å²) in [6.45, 7) is 2.21. The van der Waals surface area contributed by atoms with E-state index in [0.29, 0.717) is 18.5 Å². The van der Waals surface area contributed by atoms with Crippen LogP contribution >= 0.6 is 0 Å². The highest BCUT2D eigenvalue weighted by Gasteiger charge is 2.37. The first-order valence-electron chi connectivity index (χ1n) is 6.82. The third-order valence-corrected chi connectivity index (χ3v) is 4.28. The van der Waals surface area contributed by atoms with Gasteiger partial charge < -0.3 is 5.73 Å². The maximum Gasteiger partial charge on any atom is 0.133 e. The molecule has 1 aromatic rings. The van der Waals surface area contributed by atoms with Crippen LogP contribution in [0.15, 0.2) is 12.1 Å². The molecule has 3 heteroatoms. The number of hydrogen-bond donors (Lipinski definition) is 1. The van der Waals surface area contributed by atoms with Crippen LogP contribution in [-0.4, -0.2) is 6.54 Å². The van der Waals surface area contributed by atoms with E-state index in [4.69, 9.17) is 5.73 Å². The molecule has 0 unspecified atom stereocenters. The molecule has 1 fully saturated rings. The Balaban J connectivity index is 2.53. The summed E-state index contributed by atoms with van der Waals surface area (Å²) in [7, 11) is 0. The van der Waals surface area contributed by atoms with Gasteiger partial charge in [0.25, 0.3) is 0 Å². The fourth-order valence-corrected chi connectivity index (χ4v) is 3.14. The van der Waals surface area contributed by atoms with Gasteiger partial charge in [-0.1, -0.05) is 32.3 Å². The summed E-state index contributed by atoms with van der Waals surface area (Å²) in [5, 5.41) is 0. The highest BCUT2D eigenvalue weighted by molar-refractivity contribution is 5.35. The molecule has 1 aliphatic rings. The van der Waals surface area contributed by atoms with Gasteiger partial charge in [0.15, 0.2) is 0 Å². The summed E-state index contributed by atoms with van der Waals surface area (Å²) in [5.74, 6) is -0.804. The average molecular weight is 253 g/mol. The van der Waals surface area contributed by atoms with Gasteiger partial charge in [-0.2, -0.15) is 0 Å². The minimum absolute atomic E-state index is 0.240. The van der Waals surface area contributed by atoms with E-state index >= 15 is 0 Å². The van der Waals surface area contributed by atoms with Crippen molar-refractivity contribution in [2.45, 2.75) is 50.9 Å². The zero-order valence-corrected chi connectivity index (χ0v) is 10.9. The minimum Gasteiger partial charge on any atom is -0.330 e. The number of hydrogen-bond acceptors (Lipinski definition) is 1. The molecule has 1 aromatic carbocycles. The molecular formula is C15H21F2N. The molecule has 1 aliphatic carbocycles. The first-order valence-corrected chi connectivity index (χ1v) is 6.82. The van der Waals surface area contributed by atoms with E-state index in [1.165, 1.54) is 6.07 Å². The second-order valence-electron chi connectivity index (χ2n) is 5.29. The normalized spacial score (nSPS) is 18.9. The molecule has 0 spiro atoms. The maximum atomic E-state index is 14.5. The van der Waals surface area contributed by atoms with Crippen LogP contribution in [0.3, 0.4) is 0 Å². The quantitative estimate of drug-likeness (QED) is 0.873. The Morgan fingerprint density at radius 1 is 1.17 bits per heavy atom. The zero-order valence-electron chi connectivity index (χ0n) is 10.9. The Morgan fingerprint density at radius 2 is 1.83 bits per heavy atom. The Morgan fingerprint density at radius 3 is 2.39 bits per heavy atom. The average Bonchev–Trinajstić information content (AvgIpc) is 2.40. The predicted octanol–water partition coefficient (Wildman–Crippen LogP) is 3.69. The minimum atomic E-state index is -0.488. The van der Waals surface area contributed by atoms with Crippen molar-refractivity contribution in [1.82, 2.24) is 0 Å². The molecule has 2 N–H and O–H groups in total. The summed E-state index contributed by atoms with van der Waals surface area (Å²) in [4.78, 5) is 0. The van der Waals surface area contributed by atoms with Crippen molar-refractivity contribution < 1.29 is 8.78 Å². The summed E-state index contributed by atoms with van der Waals surface area (Å²) < 4.78 is 28.5. The van der Waals surface area contributed by atoms with Crippen LogP contribution in [0.4, 0.5) is 8.78 Å². The molecule has 0 amide bonds. The van der Waals surface area contributed by atoms with Gasteiger partial charge in [0, 0.05) is 17.5 Å². The third-order valence-electron chi connectivity index (χ3n) is 4.28. The number of nitrogens with two attached hydrogens (primary N) is 1. The molecule has 0 radical (unpaired) electrons. The summed E-state index contributed by atoms with van der Waals surface area (Å²) >= 11 is 0. The summed E-state index contributed by atoms with van der Waals surface area (Å²) in [5.41, 5.74) is 6.21. The molecule has 0 aromatic heterocycles. The molecular weight excluding hydrogens is 232 g/mol. The lowest BCUT2D eigenvalue weighted by Gasteiger charge is -2.37. The van der Waals surface area contributed by atoms with Crippen LogP contribution in [-0.2, 0) is 11.8 Å². The van der Waals surface area contributed by atoms with E-state index in [1.807, 2.05) is 6.92 Å². The molecule has 18 heavy (non-hydrogen) atoms. The van der Waals surface area contributed by atoms with Crippen LogP contribution in [0.25, 0.3) is 0 Å². The Kier molecular flexibility index (Phi) is 4.00. The molecule has 0 saturated heterocycles. The largest absolute Gasteiger partial charge is 0.330 e. The zero-order chi connectivity index (χ0) is 13.2. The molecule has 2 rings (SSSR count). The van der Waals surface area contributed by atoms with E-state index in [-0.39, 0.29) is 11.4 Å². The summed E-state index contributed by atoms with van der Waals surface area (Å²) in [6.07, 6.45) is 5.33. The first kappa shape index (κ1) is 13.5. The van der Waals surface area contributed by atoms with Gasteiger partial charge in [0.1, 0.15) is 11.6 Å². The van der Waals surface area contributed by atoms with Gasteiger partial charge in [0.05, 0.1) is 0 Å². The second kappa shape index (κ2) is 5.35. The molecule has 100 valence electrons. The van der Waals surface area contributed by atoms with Crippen LogP contribution < -0.4 is 5.73 Å². The molecule has 0 atom stereocenters. The van der Waals surface area contributed by atoms with Gasteiger partial charge in [-0.3, -0.25) is 0 Å². The fraction of sp³-hybridized carbons (Fsp3) is 0.600. The van der Waals surface area contributed by atoms with Crippen LogP contribution in [0.5, 0.6) is 0 Å². The van der Waals surface area contributed by atoms with E-state index < -0.39 is 11.2 Å². The smallest absolute Gasteiger partial charge is 0.133 e. The first-order chi connectivity index (χ1) is 8.64. The standard InChI is InChI=1S/C15H21F2N/c1-2-11-6-7-12(16)13(14(11)17)15(10-18)8-4-3-5-9-15/h6-7H,2-5,8-10,18H2,1H3. The van der Waals surface area contributed by atoms with Crippen molar-refractivity contribution in [2.24, 2.45) is 5.73 Å². The van der Waals surface area contributed by atoms with Crippen molar-refractivity contribution in [3.63, 3.8) is 0 Å². The highest BCUT2D eigenvalue weighted by Crippen LogP contribution is 2.41. The maximum absolute atomic E-state index is 14.5. The number of rotatable bonds is 3. The van der Waals surface area contributed by atoms with Crippen molar-refractivity contribution in [2.75, 3.05) is 6.54 Å². The fourth-order valence-electron chi connectivity index (χ4n) is 3.14. The van der Waals surface area contributed by atoms with E-state index in [9.17, 15) is 8.78 Å². The Hall–Kier alpha value is -0.960. The Bertz CT molecular complexity index is 423. The topological polar surface area (TPSA) is 26.0 Å². The monoisotopic (exact) mass is 253 g/mol. The van der Waals surface area contributed by atoms with Crippen molar-refractivity contribution >= 4 is 0 Å². The molecule has 0 bridgehead atoms. The number of halogens is 2. The van der Waals surface area contributed by atoms with Crippen molar-refractivity contribution in [3.8, 4) is 0 Å². The number of aryl methyl sites for hydroxylation is 1. The SMILES string of the molecule is CCc1ccc(F)c(C2(CN)CCCCC2)c1F. The molecule has 1 nitrogen and oxygen atoms in total. The van der Waals surface area contributed by atoms with Crippen molar-refractivity contribution in [3.05, 3.63) is 34.9 Å².